The van der Waals surface area contributed by atoms with Crippen LogP contribution in [0.3, 0.4) is 0 Å². The lowest BCUT2D eigenvalue weighted by Crippen LogP contribution is -2.28. The van der Waals surface area contributed by atoms with E-state index in [1.165, 1.54) is 6.07 Å². The fourth-order valence-electron chi connectivity index (χ4n) is 1.88. The zero-order valence-electron chi connectivity index (χ0n) is 12.1. The van der Waals surface area contributed by atoms with E-state index in [1.807, 2.05) is 6.92 Å². The molecule has 0 aliphatic heterocycles. The molecule has 8 heteroatoms. The van der Waals surface area contributed by atoms with E-state index in [1.54, 1.807) is 25.1 Å². The van der Waals surface area contributed by atoms with Crippen LogP contribution in [0, 0.1) is 19.7 Å². The maximum absolute atomic E-state index is 13.3. The first-order chi connectivity index (χ1) is 10.5. The largest absolute Gasteiger partial charge is 0.534 e. The number of hydrogen-bond donors (Lipinski definition) is 0. The van der Waals surface area contributed by atoms with Crippen LogP contribution < -0.4 is 4.18 Å². The van der Waals surface area contributed by atoms with Crippen molar-refractivity contribution in [1.29, 1.82) is 0 Å². The summed E-state index contributed by atoms with van der Waals surface area (Å²) in [6.07, 6.45) is 0. The molecule has 0 radical (unpaired) electrons. The SMILES string of the molecule is Cc1ccc(-c2ccc(F)cc2OS(=O)(=O)C(F)(F)F)cc1C. The van der Waals surface area contributed by atoms with Crippen molar-refractivity contribution >= 4 is 10.1 Å². The Kier molecular flexibility index (Phi) is 4.39. The molecule has 0 atom stereocenters. The van der Waals surface area contributed by atoms with Gasteiger partial charge in [0.15, 0.2) is 5.75 Å². The molecule has 0 N–H and O–H groups in total. The molecular weight excluding hydrogens is 336 g/mol. The Bertz CT molecular complexity index is 842. The Morgan fingerprint density at radius 1 is 0.957 bits per heavy atom. The summed E-state index contributed by atoms with van der Waals surface area (Å²) in [6.45, 7) is 3.63. The van der Waals surface area contributed by atoms with Gasteiger partial charge in [-0.3, -0.25) is 0 Å². The van der Waals surface area contributed by atoms with E-state index in [4.69, 9.17) is 0 Å². The van der Waals surface area contributed by atoms with Crippen LogP contribution in [0.2, 0.25) is 0 Å². The Morgan fingerprint density at radius 2 is 1.61 bits per heavy atom. The summed E-state index contributed by atoms with van der Waals surface area (Å²) in [5, 5.41) is 0. The van der Waals surface area contributed by atoms with E-state index < -0.39 is 27.2 Å². The summed E-state index contributed by atoms with van der Waals surface area (Å²) in [5.41, 5.74) is -3.35. The lowest BCUT2D eigenvalue weighted by Gasteiger charge is -2.14. The molecule has 0 amide bonds. The summed E-state index contributed by atoms with van der Waals surface area (Å²) in [6, 6.07) is 7.74. The molecule has 3 nitrogen and oxygen atoms in total. The van der Waals surface area contributed by atoms with Gasteiger partial charge in [-0.15, -0.1) is 0 Å². The van der Waals surface area contributed by atoms with E-state index in [0.717, 1.165) is 17.2 Å². The number of aryl methyl sites for hydroxylation is 2. The van der Waals surface area contributed by atoms with Crippen molar-refractivity contribution in [2.45, 2.75) is 19.4 Å². The molecule has 2 aromatic carbocycles. The van der Waals surface area contributed by atoms with Crippen LogP contribution >= 0.6 is 0 Å². The molecule has 0 unspecified atom stereocenters. The molecule has 0 bridgehead atoms. The number of hydrogen-bond acceptors (Lipinski definition) is 3. The second-order valence-electron chi connectivity index (χ2n) is 4.92. The molecule has 0 aromatic heterocycles. The van der Waals surface area contributed by atoms with Crippen molar-refractivity contribution in [3.8, 4) is 16.9 Å². The summed E-state index contributed by atoms with van der Waals surface area (Å²) in [4.78, 5) is 0. The molecule has 0 aliphatic rings. The Hall–Kier alpha value is -2.09. The van der Waals surface area contributed by atoms with Gasteiger partial charge in [-0.25, -0.2) is 4.39 Å². The highest BCUT2D eigenvalue weighted by molar-refractivity contribution is 7.88. The third kappa shape index (κ3) is 3.64. The first kappa shape index (κ1) is 17.3. The van der Waals surface area contributed by atoms with E-state index in [-0.39, 0.29) is 5.56 Å². The normalized spacial score (nSPS) is 12.3. The lowest BCUT2D eigenvalue weighted by molar-refractivity contribution is -0.0499. The average Bonchev–Trinajstić information content (AvgIpc) is 2.40. The third-order valence-electron chi connectivity index (χ3n) is 3.24. The zero-order chi connectivity index (χ0) is 17.4. The molecule has 0 saturated heterocycles. The van der Waals surface area contributed by atoms with Gasteiger partial charge >= 0.3 is 15.6 Å². The summed E-state index contributed by atoms with van der Waals surface area (Å²) in [7, 11) is -5.88. The molecule has 2 rings (SSSR count). The van der Waals surface area contributed by atoms with Crippen molar-refractivity contribution in [2.24, 2.45) is 0 Å². The second-order valence-corrected chi connectivity index (χ2v) is 6.46. The Morgan fingerprint density at radius 3 is 2.17 bits per heavy atom. The van der Waals surface area contributed by atoms with Crippen molar-refractivity contribution in [2.75, 3.05) is 0 Å². The summed E-state index contributed by atoms with van der Waals surface area (Å²) < 4.78 is 77.2. The van der Waals surface area contributed by atoms with Gasteiger partial charge in [0.1, 0.15) is 5.82 Å². The average molecular weight is 348 g/mol. The van der Waals surface area contributed by atoms with Gasteiger partial charge in [0, 0.05) is 11.6 Å². The minimum absolute atomic E-state index is 0.0438. The molecule has 0 saturated carbocycles. The standard InChI is InChI=1S/C15H12F4O3S/c1-9-3-4-11(7-10(9)2)13-6-5-12(16)8-14(13)22-23(20,21)15(17,18)19/h3-8H,1-2H3. The molecule has 0 aliphatic carbocycles. The zero-order valence-corrected chi connectivity index (χ0v) is 12.9. The fraction of sp³-hybridized carbons (Fsp3) is 0.200. The summed E-state index contributed by atoms with van der Waals surface area (Å²) in [5.74, 6) is -1.63. The quantitative estimate of drug-likeness (QED) is 0.471. The molecular formula is C15H12F4O3S. The lowest BCUT2D eigenvalue weighted by atomic mass is 10.00. The molecule has 0 heterocycles. The van der Waals surface area contributed by atoms with Gasteiger partial charge in [-0.1, -0.05) is 18.2 Å². The van der Waals surface area contributed by atoms with Gasteiger partial charge in [0.2, 0.25) is 0 Å². The van der Waals surface area contributed by atoms with Crippen LogP contribution in [0.25, 0.3) is 11.1 Å². The number of rotatable bonds is 3. The van der Waals surface area contributed by atoms with E-state index in [2.05, 4.69) is 4.18 Å². The molecule has 23 heavy (non-hydrogen) atoms. The minimum Gasteiger partial charge on any atom is -0.375 e. The fourth-order valence-corrected chi connectivity index (χ4v) is 2.35. The monoisotopic (exact) mass is 348 g/mol. The predicted molar refractivity (Wildman–Crippen MR) is 76.9 cm³/mol. The van der Waals surface area contributed by atoms with Crippen LogP contribution in [0.15, 0.2) is 36.4 Å². The first-order valence-electron chi connectivity index (χ1n) is 6.39. The molecule has 2 aromatic rings. The number of halogens is 4. The Balaban J connectivity index is 2.56. The van der Waals surface area contributed by atoms with Gasteiger partial charge in [0.25, 0.3) is 0 Å². The summed E-state index contributed by atoms with van der Waals surface area (Å²) >= 11 is 0. The number of benzene rings is 2. The van der Waals surface area contributed by atoms with E-state index in [0.29, 0.717) is 11.6 Å². The van der Waals surface area contributed by atoms with Crippen LogP contribution in [0.4, 0.5) is 17.6 Å². The third-order valence-corrected chi connectivity index (χ3v) is 4.21. The highest BCUT2D eigenvalue weighted by atomic mass is 32.2. The highest BCUT2D eigenvalue weighted by Crippen LogP contribution is 2.35. The minimum atomic E-state index is -5.88. The first-order valence-corrected chi connectivity index (χ1v) is 7.80. The molecule has 0 fully saturated rings. The van der Waals surface area contributed by atoms with Crippen LogP contribution in [-0.2, 0) is 10.1 Å². The highest BCUT2D eigenvalue weighted by Gasteiger charge is 2.48. The van der Waals surface area contributed by atoms with Crippen LogP contribution in [0.1, 0.15) is 11.1 Å². The maximum Gasteiger partial charge on any atom is 0.534 e. The van der Waals surface area contributed by atoms with Crippen molar-refractivity contribution < 1.29 is 30.2 Å². The van der Waals surface area contributed by atoms with Crippen molar-refractivity contribution in [3.63, 3.8) is 0 Å². The number of alkyl halides is 3. The van der Waals surface area contributed by atoms with Gasteiger partial charge < -0.3 is 4.18 Å². The van der Waals surface area contributed by atoms with Gasteiger partial charge in [-0.05, 0) is 42.7 Å². The molecule has 124 valence electrons. The van der Waals surface area contributed by atoms with Crippen LogP contribution in [0.5, 0.6) is 5.75 Å². The van der Waals surface area contributed by atoms with Crippen molar-refractivity contribution in [1.82, 2.24) is 0 Å². The molecule has 0 spiro atoms. The predicted octanol–water partition coefficient (Wildman–Crippen LogP) is 4.34. The van der Waals surface area contributed by atoms with E-state index >= 15 is 0 Å². The van der Waals surface area contributed by atoms with Crippen molar-refractivity contribution in [3.05, 3.63) is 53.3 Å². The topological polar surface area (TPSA) is 43.4 Å². The smallest absolute Gasteiger partial charge is 0.375 e. The Labute approximate surface area is 130 Å². The van der Waals surface area contributed by atoms with Gasteiger partial charge in [0.05, 0.1) is 0 Å². The van der Waals surface area contributed by atoms with E-state index in [9.17, 15) is 26.0 Å². The maximum atomic E-state index is 13.3. The second kappa shape index (κ2) is 5.84. The van der Waals surface area contributed by atoms with Crippen LogP contribution in [-0.4, -0.2) is 13.9 Å². The van der Waals surface area contributed by atoms with Gasteiger partial charge in [-0.2, -0.15) is 21.6 Å².